The highest BCUT2D eigenvalue weighted by Gasteiger charge is 2.12. The molecule has 0 aliphatic carbocycles. The molecule has 0 fully saturated rings. The number of thioether (sulfide) groups is 1. The monoisotopic (exact) mass is 442 g/mol. The van der Waals surface area contributed by atoms with E-state index in [1.54, 1.807) is 0 Å². The van der Waals surface area contributed by atoms with Gasteiger partial charge in [-0.1, -0.05) is 37.9 Å². The van der Waals surface area contributed by atoms with E-state index in [-0.39, 0.29) is 11.7 Å². The van der Waals surface area contributed by atoms with Crippen LogP contribution < -0.4 is 4.74 Å². The molecule has 0 N–H and O–H groups in total. The third-order valence-corrected chi connectivity index (χ3v) is 5.22. The maximum Gasteiger partial charge on any atom is 0.321 e. The topological polar surface area (TPSA) is 26.3 Å². The molecular formula is C17H16Br2O2S. The number of hydrogen-bond acceptors (Lipinski definition) is 3. The highest BCUT2D eigenvalue weighted by Crippen LogP contribution is 2.29. The van der Waals surface area contributed by atoms with E-state index in [0.717, 1.165) is 30.5 Å². The Morgan fingerprint density at radius 1 is 1.00 bits per heavy atom. The molecule has 0 unspecified atom stereocenters. The van der Waals surface area contributed by atoms with E-state index >= 15 is 0 Å². The quantitative estimate of drug-likeness (QED) is 0.337. The molecule has 0 bridgehead atoms. The Hall–Kier alpha value is -0.780. The fourth-order valence-corrected chi connectivity index (χ4v) is 4.11. The minimum atomic E-state index is -0.238. The summed E-state index contributed by atoms with van der Waals surface area (Å²) in [6, 6.07) is 9.93. The predicted octanol–water partition coefficient (Wildman–Crippen LogP) is 5.83. The van der Waals surface area contributed by atoms with Gasteiger partial charge >= 0.3 is 5.97 Å². The van der Waals surface area contributed by atoms with E-state index in [0.29, 0.717) is 5.75 Å². The molecule has 2 nitrogen and oxygen atoms in total. The van der Waals surface area contributed by atoms with Crippen LogP contribution in [0.4, 0.5) is 0 Å². The summed E-state index contributed by atoms with van der Waals surface area (Å²) < 4.78 is 7.53. The van der Waals surface area contributed by atoms with Gasteiger partial charge in [0.15, 0.2) is 0 Å². The molecule has 5 heteroatoms. The SMILES string of the molecule is Cc1ccc(Br)cc1SCC(=O)Oc1c(C)cc(Br)cc1C. The van der Waals surface area contributed by atoms with Gasteiger partial charge in [-0.15, -0.1) is 11.8 Å². The molecule has 0 atom stereocenters. The maximum atomic E-state index is 12.1. The van der Waals surface area contributed by atoms with E-state index in [4.69, 9.17) is 4.74 Å². The van der Waals surface area contributed by atoms with Crippen LogP contribution in [0.15, 0.2) is 44.2 Å². The van der Waals surface area contributed by atoms with Crippen molar-refractivity contribution >= 4 is 49.6 Å². The highest BCUT2D eigenvalue weighted by molar-refractivity contribution is 9.10. The van der Waals surface area contributed by atoms with Crippen LogP contribution in [0.25, 0.3) is 0 Å². The van der Waals surface area contributed by atoms with Gasteiger partial charge in [-0.2, -0.15) is 0 Å². The molecule has 0 saturated carbocycles. The van der Waals surface area contributed by atoms with E-state index in [9.17, 15) is 4.79 Å². The van der Waals surface area contributed by atoms with Crippen LogP contribution in [-0.4, -0.2) is 11.7 Å². The third-order valence-electron chi connectivity index (χ3n) is 3.14. The summed E-state index contributed by atoms with van der Waals surface area (Å²) in [4.78, 5) is 13.2. The number of carbonyl (C=O) groups excluding carboxylic acids is 1. The fourth-order valence-electron chi connectivity index (χ4n) is 2.07. The van der Waals surface area contributed by atoms with Crippen molar-refractivity contribution in [3.63, 3.8) is 0 Å². The highest BCUT2D eigenvalue weighted by atomic mass is 79.9. The summed E-state index contributed by atoms with van der Waals surface area (Å²) in [6.45, 7) is 5.90. The number of halogens is 2. The van der Waals surface area contributed by atoms with Crippen molar-refractivity contribution in [1.29, 1.82) is 0 Å². The van der Waals surface area contributed by atoms with Gasteiger partial charge in [-0.25, -0.2) is 0 Å². The average molecular weight is 444 g/mol. The van der Waals surface area contributed by atoms with E-state index in [1.165, 1.54) is 11.8 Å². The zero-order valence-electron chi connectivity index (χ0n) is 12.6. The van der Waals surface area contributed by atoms with Crippen LogP contribution in [0.2, 0.25) is 0 Å². The minimum absolute atomic E-state index is 0.238. The van der Waals surface area contributed by atoms with Crippen molar-refractivity contribution in [1.82, 2.24) is 0 Å². The number of esters is 1. The van der Waals surface area contributed by atoms with Gasteiger partial charge in [0.25, 0.3) is 0 Å². The molecule has 0 amide bonds. The Morgan fingerprint density at radius 3 is 2.27 bits per heavy atom. The Morgan fingerprint density at radius 2 is 1.64 bits per heavy atom. The first kappa shape index (κ1) is 17.6. The van der Waals surface area contributed by atoms with E-state index in [2.05, 4.69) is 31.9 Å². The molecule has 0 aliphatic heterocycles. The zero-order valence-corrected chi connectivity index (χ0v) is 16.6. The lowest BCUT2D eigenvalue weighted by molar-refractivity contribution is -0.131. The van der Waals surface area contributed by atoms with Gasteiger partial charge in [0, 0.05) is 13.8 Å². The first-order valence-electron chi connectivity index (χ1n) is 6.73. The minimum Gasteiger partial charge on any atom is -0.425 e. The summed E-state index contributed by atoms with van der Waals surface area (Å²) in [7, 11) is 0. The van der Waals surface area contributed by atoms with Crippen molar-refractivity contribution in [3.8, 4) is 5.75 Å². The lowest BCUT2D eigenvalue weighted by atomic mass is 10.1. The van der Waals surface area contributed by atoms with Crippen LogP contribution >= 0.6 is 43.6 Å². The standard InChI is InChI=1S/C17H16Br2O2S/c1-10-4-5-13(18)8-15(10)22-9-16(20)21-17-11(2)6-14(19)7-12(17)3/h4-8H,9H2,1-3H3. The van der Waals surface area contributed by atoms with Crippen LogP contribution in [-0.2, 0) is 4.79 Å². The largest absolute Gasteiger partial charge is 0.425 e. The predicted molar refractivity (Wildman–Crippen MR) is 98.9 cm³/mol. The molecule has 0 aromatic heterocycles. The Balaban J connectivity index is 2.03. The molecule has 2 rings (SSSR count). The Kier molecular flexibility index (Phi) is 6.12. The van der Waals surface area contributed by atoms with Crippen molar-refractivity contribution in [2.75, 3.05) is 5.75 Å². The Labute approximate surface area is 151 Å². The summed E-state index contributed by atoms with van der Waals surface area (Å²) in [5.74, 6) is 0.698. The molecule has 2 aromatic rings. The molecule has 0 heterocycles. The summed E-state index contributed by atoms with van der Waals surface area (Å²) in [6.07, 6.45) is 0. The maximum absolute atomic E-state index is 12.1. The Bertz CT molecular complexity index is 691. The lowest BCUT2D eigenvalue weighted by Gasteiger charge is -2.11. The van der Waals surface area contributed by atoms with Crippen LogP contribution in [0, 0.1) is 20.8 Å². The van der Waals surface area contributed by atoms with E-state index in [1.807, 2.05) is 51.1 Å². The molecule has 0 aliphatic rings. The number of carbonyl (C=O) groups is 1. The van der Waals surface area contributed by atoms with Gasteiger partial charge < -0.3 is 4.74 Å². The summed E-state index contributed by atoms with van der Waals surface area (Å²) in [5.41, 5.74) is 3.05. The third kappa shape index (κ3) is 4.61. The number of rotatable bonds is 4. The van der Waals surface area contributed by atoms with Crippen molar-refractivity contribution in [2.45, 2.75) is 25.7 Å². The molecule has 0 radical (unpaired) electrons. The normalized spacial score (nSPS) is 10.6. The number of hydrogen-bond donors (Lipinski definition) is 0. The molecule has 116 valence electrons. The summed E-state index contributed by atoms with van der Waals surface area (Å²) in [5, 5.41) is 0. The molecule has 22 heavy (non-hydrogen) atoms. The first-order valence-corrected chi connectivity index (χ1v) is 9.30. The average Bonchev–Trinajstić information content (AvgIpc) is 2.44. The first-order chi connectivity index (χ1) is 10.4. The van der Waals surface area contributed by atoms with Crippen molar-refractivity contribution in [2.24, 2.45) is 0 Å². The van der Waals surface area contributed by atoms with Crippen molar-refractivity contribution < 1.29 is 9.53 Å². The van der Waals surface area contributed by atoms with Gasteiger partial charge in [-0.05, 0) is 61.7 Å². The second kappa shape index (κ2) is 7.66. The van der Waals surface area contributed by atoms with Crippen LogP contribution in [0.3, 0.4) is 0 Å². The van der Waals surface area contributed by atoms with Crippen molar-refractivity contribution in [3.05, 3.63) is 56.0 Å². The molecular weight excluding hydrogens is 428 g/mol. The molecule has 2 aromatic carbocycles. The van der Waals surface area contributed by atoms with Gasteiger partial charge in [0.1, 0.15) is 5.75 Å². The lowest BCUT2D eigenvalue weighted by Crippen LogP contribution is -2.12. The van der Waals surface area contributed by atoms with E-state index < -0.39 is 0 Å². The number of ether oxygens (including phenoxy) is 1. The second-order valence-electron chi connectivity index (χ2n) is 5.04. The van der Waals surface area contributed by atoms with Crippen LogP contribution in [0.1, 0.15) is 16.7 Å². The fraction of sp³-hybridized carbons (Fsp3) is 0.235. The number of aryl methyl sites for hydroxylation is 3. The van der Waals surface area contributed by atoms with Gasteiger partial charge in [0.05, 0.1) is 5.75 Å². The van der Waals surface area contributed by atoms with Crippen LogP contribution in [0.5, 0.6) is 5.75 Å². The summed E-state index contributed by atoms with van der Waals surface area (Å²) >= 11 is 8.38. The zero-order chi connectivity index (χ0) is 16.3. The van der Waals surface area contributed by atoms with Gasteiger partial charge in [0.2, 0.25) is 0 Å². The molecule has 0 saturated heterocycles. The second-order valence-corrected chi connectivity index (χ2v) is 7.89. The number of benzene rings is 2. The molecule has 0 spiro atoms. The van der Waals surface area contributed by atoms with Gasteiger partial charge in [-0.3, -0.25) is 4.79 Å². The smallest absolute Gasteiger partial charge is 0.321 e.